The average Bonchev–Trinajstić information content (AvgIpc) is 2.47. The molecule has 2 rings (SSSR count). The van der Waals surface area contributed by atoms with Gasteiger partial charge in [-0.1, -0.05) is 0 Å². The second-order valence-electron chi connectivity index (χ2n) is 5.51. The van der Waals surface area contributed by atoms with Gasteiger partial charge in [-0.15, -0.1) is 0 Å². The lowest BCUT2D eigenvalue weighted by atomic mass is 9.79. The highest BCUT2D eigenvalue weighted by Gasteiger charge is 2.51. The molecule has 0 N–H and O–H groups in total. The van der Waals surface area contributed by atoms with E-state index in [2.05, 4.69) is 56.4 Å². The highest BCUT2D eigenvalue weighted by atomic mass is 127. The van der Waals surface area contributed by atoms with Crippen molar-refractivity contribution in [3.63, 3.8) is 0 Å². The zero-order valence-corrected chi connectivity index (χ0v) is 13.6. The van der Waals surface area contributed by atoms with E-state index in [0.717, 1.165) is 14.8 Å². The maximum atomic E-state index is 6.02. The summed E-state index contributed by atoms with van der Waals surface area (Å²) in [5.41, 5.74) is 0.371. The molecule has 1 aliphatic heterocycles. The van der Waals surface area contributed by atoms with E-state index in [1.54, 1.807) is 7.11 Å². The number of benzene rings is 1. The van der Waals surface area contributed by atoms with Gasteiger partial charge in [-0.2, -0.15) is 0 Å². The molecule has 0 unspecified atom stereocenters. The summed E-state index contributed by atoms with van der Waals surface area (Å²) >= 11 is 2.27. The quantitative estimate of drug-likeness (QED) is 0.600. The minimum absolute atomic E-state index is 0.313. The van der Waals surface area contributed by atoms with Crippen LogP contribution in [0.4, 0.5) is 0 Å². The summed E-state index contributed by atoms with van der Waals surface area (Å²) in [6, 6.07) is 6.00. The van der Waals surface area contributed by atoms with Crippen molar-refractivity contribution in [2.75, 3.05) is 7.11 Å². The van der Waals surface area contributed by atoms with Gasteiger partial charge in [0.2, 0.25) is 0 Å². The Morgan fingerprint density at radius 3 is 2.11 bits per heavy atom. The van der Waals surface area contributed by atoms with Crippen LogP contribution in [0.3, 0.4) is 0 Å². The average molecular weight is 360 g/mol. The summed E-state index contributed by atoms with van der Waals surface area (Å²) in [5.74, 6) is 0.826. The number of hydrogen-bond acceptors (Lipinski definition) is 3. The molecular weight excluding hydrogens is 342 g/mol. The van der Waals surface area contributed by atoms with Crippen LogP contribution < -0.4 is 10.2 Å². The Bertz CT molecular complexity index is 444. The molecule has 0 atom stereocenters. The van der Waals surface area contributed by atoms with E-state index in [-0.39, 0.29) is 18.3 Å². The molecule has 98 valence electrons. The van der Waals surface area contributed by atoms with Crippen LogP contribution in [0.25, 0.3) is 0 Å². The summed E-state index contributed by atoms with van der Waals surface area (Å²) in [7, 11) is 1.33. The van der Waals surface area contributed by atoms with Crippen molar-refractivity contribution in [2.45, 2.75) is 38.9 Å². The van der Waals surface area contributed by atoms with Gasteiger partial charge in [-0.3, -0.25) is 0 Å². The smallest absolute Gasteiger partial charge is 0.495 e. The van der Waals surface area contributed by atoms with Crippen LogP contribution in [-0.4, -0.2) is 25.4 Å². The first kappa shape index (κ1) is 14.2. The number of methoxy groups -OCH3 is 1. The van der Waals surface area contributed by atoms with Gasteiger partial charge in [0.25, 0.3) is 0 Å². The molecular formula is C13H18BIO3. The van der Waals surface area contributed by atoms with Gasteiger partial charge in [0.05, 0.1) is 18.3 Å². The van der Waals surface area contributed by atoms with Gasteiger partial charge in [-0.25, -0.2) is 0 Å². The first-order chi connectivity index (χ1) is 8.25. The fraction of sp³-hybridized carbons (Fsp3) is 0.538. The summed E-state index contributed by atoms with van der Waals surface area (Å²) < 4.78 is 18.4. The number of halogens is 1. The second kappa shape index (κ2) is 4.69. The molecule has 1 saturated heterocycles. The first-order valence-electron chi connectivity index (χ1n) is 5.95. The van der Waals surface area contributed by atoms with Gasteiger partial charge >= 0.3 is 7.12 Å². The Balaban J connectivity index is 2.32. The molecule has 0 bridgehead atoms. The molecule has 1 fully saturated rings. The van der Waals surface area contributed by atoms with Gasteiger partial charge in [-0.05, 0) is 73.9 Å². The van der Waals surface area contributed by atoms with Crippen LogP contribution >= 0.6 is 22.6 Å². The Morgan fingerprint density at radius 2 is 1.61 bits per heavy atom. The summed E-state index contributed by atoms with van der Waals surface area (Å²) in [4.78, 5) is 0. The second-order valence-corrected chi connectivity index (χ2v) is 6.76. The van der Waals surface area contributed by atoms with Crippen LogP contribution in [0, 0.1) is 3.57 Å². The lowest BCUT2D eigenvalue weighted by molar-refractivity contribution is 0.00578. The van der Waals surface area contributed by atoms with Crippen LogP contribution in [0.15, 0.2) is 18.2 Å². The highest BCUT2D eigenvalue weighted by Crippen LogP contribution is 2.36. The zero-order valence-electron chi connectivity index (χ0n) is 11.4. The molecule has 18 heavy (non-hydrogen) atoms. The molecule has 0 spiro atoms. The molecule has 1 aromatic carbocycles. The van der Waals surface area contributed by atoms with Crippen molar-refractivity contribution in [3.8, 4) is 5.75 Å². The van der Waals surface area contributed by atoms with Crippen molar-refractivity contribution < 1.29 is 14.0 Å². The first-order valence-corrected chi connectivity index (χ1v) is 7.03. The highest BCUT2D eigenvalue weighted by molar-refractivity contribution is 14.1. The standard InChI is InChI=1S/C13H18BIO3/c1-12(2)13(3,4)18-14(17-12)9-6-10(15)8-11(7-9)16-5/h6-8H,1-5H3. The van der Waals surface area contributed by atoms with Crippen LogP contribution in [0.5, 0.6) is 5.75 Å². The van der Waals surface area contributed by atoms with Crippen LogP contribution in [-0.2, 0) is 9.31 Å². The van der Waals surface area contributed by atoms with Gasteiger partial charge < -0.3 is 14.0 Å². The monoisotopic (exact) mass is 360 g/mol. The third-order valence-electron chi connectivity index (χ3n) is 3.65. The van der Waals surface area contributed by atoms with E-state index in [0.29, 0.717) is 0 Å². The van der Waals surface area contributed by atoms with E-state index in [4.69, 9.17) is 14.0 Å². The molecule has 0 radical (unpaired) electrons. The van der Waals surface area contributed by atoms with Crippen molar-refractivity contribution >= 4 is 35.2 Å². The van der Waals surface area contributed by atoms with E-state index in [1.807, 2.05) is 12.1 Å². The maximum absolute atomic E-state index is 6.02. The predicted octanol–water partition coefficient (Wildman–Crippen LogP) is 2.60. The lowest BCUT2D eigenvalue weighted by Crippen LogP contribution is -2.41. The summed E-state index contributed by atoms with van der Waals surface area (Å²) in [6.07, 6.45) is 0. The Hall–Kier alpha value is -0.265. The van der Waals surface area contributed by atoms with E-state index in [9.17, 15) is 0 Å². The van der Waals surface area contributed by atoms with E-state index >= 15 is 0 Å². The van der Waals surface area contributed by atoms with Crippen molar-refractivity contribution in [3.05, 3.63) is 21.8 Å². The van der Waals surface area contributed by atoms with Crippen molar-refractivity contribution in [1.29, 1.82) is 0 Å². The number of hydrogen-bond donors (Lipinski definition) is 0. The minimum Gasteiger partial charge on any atom is -0.497 e. The molecule has 1 heterocycles. The Labute approximate surface area is 122 Å². The van der Waals surface area contributed by atoms with Gasteiger partial charge in [0, 0.05) is 3.57 Å². The molecule has 5 heteroatoms. The zero-order chi connectivity index (χ0) is 13.6. The molecule has 0 saturated carbocycles. The predicted molar refractivity (Wildman–Crippen MR) is 81.4 cm³/mol. The fourth-order valence-electron chi connectivity index (χ4n) is 1.82. The fourth-order valence-corrected chi connectivity index (χ4v) is 2.48. The molecule has 0 amide bonds. The molecule has 0 aromatic heterocycles. The van der Waals surface area contributed by atoms with Crippen molar-refractivity contribution in [1.82, 2.24) is 0 Å². The molecule has 3 nitrogen and oxygen atoms in total. The summed E-state index contributed by atoms with van der Waals surface area (Å²) in [6.45, 7) is 8.21. The van der Waals surface area contributed by atoms with Crippen LogP contribution in [0.1, 0.15) is 27.7 Å². The summed E-state index contributed by atoms with van der Waals surface area (Å²) in [5, 5.41) is 0. The SMILES string of the molecule is COc1cc(I)cc(B2OC(C)(C)C(C)(C)O2)c1. The third kappa shape index (κ3) is 2.53. The maximum Gasteiger partial charge on any atom is 0.495 e. The van der Waals surface area contributed by atoms with Gasteiger partial charge in [0.15, 0.2) is 0 Å². The largest absolute Gasteiger partial charge is 0.497 e. The van der Waals surface area contributed by atoms with Crippen molar-refractivity contribution in [2.24, 2.45) is 0 Å². The molecule has 1 aromatic rings. The molecule has 0 aliphatic carbocycles. The lowest BCUT2D eigenvalue weighted by Gasteiger charge is -2.32. The topological polar surface area (TPSA) is 27.7 Å². The van der Waals surface area contributed by atoms with Crippen LogP contribution in [0.2, 0.25) is 0 Å². The van der Waals surface area contributed by atoms with E-state index in [1.165, 1.54) is 0 Å². The number of rotatable bonds is 2. The number of ether oxygens (including phenoxy) is 1. The van der Waals surface area contributed by atoms with Gasteiger partial charge in [0.1, 0.15) is 5.75 Å². The Kier molecular flexibility index (Phi) is 3.68. The normalized spacial score (nSPS) is 21.1. The third-order valence-corrected chi connectivity index (χ3v) is 4.28. The Morgan fingerprint density at radius 1 is 1.06 bits per heavy atom. The molecule has 1 aliphatic rings. The minimum atomic E-state index is -0.335. The van der Waals surface area contributed by atoms with E-state index < -0.39 is 0 Å².